The molecule has 27 heavy (non-hydrogen) atoms. The van der Waals surface area contributed by atoms with Crippen molar-refractivity contribution in [2.24, 2.45) is 0 Å². The molecule has 3 aromatic rings. The molecule has 4 rings (SSSR count). The topological polar surface area (TPSA) is 70.7 Å². The van der Waals surface area contributed by atoms with Gasteiger partial charge in [-0.25, -0.2) is 4.98 Å². The van der Waals surface area contributed by atoms with Crippen LogP contribution in [0.25, 0.3) is 10.9 Å². The van der Waals surface area contributed by atoms with E-state index < -0.39 is 0 Å². The maximum Gasteiger partial charge on any atom is 0.263 e. The van der Waals surface area contributed by atoms with E-state index in [1.807, 2.05) is 30.4 Å². The van der Waals surface area contributed by atoms with Gasteiger partial charge in [-0.3, -0.25) is 9.36 Å². The van der Waals surface area contributed by atoms with Gasteiger partial charge >= 0.3 is 0 Å². The molecule has 1 aliphatic rings. The fourth-order valence-corrected chi connectivity index (χ4v) is 3.29. The van der Waals surface area contributed by atoms with Crippen LogP contribution in [0.2, 0.25) is 5.02 Å². The summed E-state index contributed by atoms with van der Waals surface area (Å²) in [4.78, 5) is 17.9. The van der Waals surface area contributed by atoms with Crippen LogP contribution in [0.3, 0.4) is 0 Å². The first kappa shape index (κ1) is 17.1. The van der Waals surface area contributed by atoms with Crippen LogP contribution in [-0.2, 0) is 0 Å². The summed E-state index contributed by atoms with van der Waals surface area (Å²) in [7, 11) is 0. The third-order valence-corrected chi connectivity index (χ3v) is 4.63. The van der Waals surface area contributed by atoms with Gasteiger partial charge in [-0.2, -0.15) is 5.26 Å². The lowest BCUT2D eigenvalue weighted by molar-refractivity contribution is 0.590. The van der Waals surface area contributed by atoms with E-state index in [0.717, 1.165) is 0 Å². The van der Waals surface area contributed by atoms with Crippen molar-refractivity contribution in [3.63, 3.8) is 0 Å². The van der Waals surface area contributed by atoms with Crippen LogP contribution < -0.4 is 10.9 Å². The second kappa shape index (κ2) is 7.10. The highest BCUT2D eigenvalue weighted by atomic mass is 35.5. The number of hydrogen-bond donors (Lipinski definition) is 1. The lowest BCUT2D eigenvalue weighted by Crippen LogP contribution is -2.27. The molecule has 5 nitrogen and oxygen atoms in total. The van der Waals surface area contributed by atoms with Crippen molar-refractivity contribution in [3.8, 4) is 6.07 Å². The second-order valence-electron chi connectivity index (χ2n) is 6.21. The van der Waals surface area contributed by atoms with Crippen molar-refractivity contribution in [1.29, 1.82) is 5.26 Å². The van der Waals surface area contributed by atoms with Gasteiger partial charge < -0.3 is 5.32 Å². The molecule has 0 bridgehead atoms. The summed E-state index contributed by atoms with van der Waals surface area (Å²) < 4.78 is 1.64. The Morgan fingerprint density at radius 1 is 1.22 bits per heavy atom. The van der Waals surface area contributed by atoms with Crippen molar-refractivity contribution >= 4 is 34.1 Å². The number of hydrogen-bond acceptors (Lipinski definition) is 4. The largest absolute Gasteiger partial charge is 0.325 e. The molecular weight excluding hydrogens is 360 g/mol. The van der Waals surface area contributed by atoms with Crippen molar-refractivity contribution in [2.75, 3.05) is 5.32 Å². The minimum Gasteiger partial charge on any atom is -0.325 e. The number of anilines is 2. The summed E-state index contributed by atoms with van der Waals surface area (Å²) in [6.07, 6.45) is 8.55. The van der Waals surface area contributed by atoms with Crippen LogP contribution in [0.1, 0.15) is 18.0 Å². The van der Waals surface area contributed by atoms with Crippen LogP contribution in [0.5, 0.6) is 0 Å². The van der Waals surface area contributed by atoms with Crippen LogP contribution in [-0.4, -0.2) is 9.55 Å². The molecular formula is C21H15ClN4O. The maximum absolute atomic E-state index is 13.2. The van der Waals surface area contributed by atoms with E-state index in [1.165, 1.54) is 0 Å². The highest BCUT2D eigenvalue weighted by molar-refractivity contribution is 6.31. The number of nitriles is 1. The Morgan fingerprint density at radius 3 is 2.89 bits per heavy atom. The number of halogens is 1. The zero-order chi connectivity index (χ0) is 18.8. The summed E-state index contributed by atoms with van der Waals surface area (Å²) in [5, 5.41) is 13.3. The van der Waals surface area contributed by atoms with Gasteiger partial charge in [0.25, 0.3) is 5.56 Å². The third kappa shape index (κ3) is 3.35. The molecule has 0 fully saturated rings. The lowest BCUT2D eigenvalue weighted by atomic mass is 10.1. The molecule has 0 saturated heterocycles. The molecule has 1 heterocycles. The van der Waals surface area contributed by atoms with Crippen molar-refractivity contribution in [2.45, 2.75) is 12.5 Å². The van der Waals surface area contributed by atoms with Gasteiger partial charge in [-0.1, -0.05) is 42.0 Å². The number of nitrogens with zero attached hydrogens (tertiary/aromatic N) is 3. The Kier molecular flexibility index (Phi) is 4.49. The number of allylic oxidation sites excluding steroid dienone is 4. The Labute approximate surface area is 160 Å². The van der Waals surface area contributed by atoms with Crippen LogP contribution in [0, 0.1) is 11.3 Å². The number of nitrogens with one attached hydrogen (secondary N) is 1. The molecule has 1 aromatic heterocycles. The lowest BCUT2D eigenvalue weighted by Gasteiger charge is -2.21. The summed E-state index contributed by atoms with van der Waals surface area (Å²) in [5.74, 6) is 0.426. The minimum atomic E-state index is -0.161. The van der Waals surface area contributed by atoms with Gasteiger partial charge in [0, 0.05) is 10.7 Å². The van der Waals surface area contributed by atoms with E-state index >= 15 is 0 Å². The summed E-state index contributed by atoms with van der Waals surface area (Å²) >= 11 is 6.08. The summed E-state index contributed by atoms with van der Waals surface area (Å²) in [6, 6.07) is 14.1. The fourth-order valence-electron chi connectivity index (χ4n) is 3.12. The molecule has 2 aromatic carbocycles. The quantitative estimate of drug-likeness (QED) is 0.719. The predicted molar refractivity (Wildman–Crippen MR) is 107 cm³/mol. The van der Waals surface area contributed by atoms with Gasteiger partial charge in [-0.05, 0) is 42.8 Å². The molecule has 0 aliphatic heterocycles. The standard InChI is InChI=1S/C21H15ClN4O/c22-15-9-10-19-18(12-15)20(27)26(17-7-2-1-3-8-17)21(25-19)24-16-6-4-5-14(11-16)13-23/h1-7,9-12,17H,8H2,(H,24,25). The molecule has 6 heteroatoms. The molecule has 132 valence electrons. The van der Waals surface area contributed by atoms with E-state index in [4.69, 9.17) is 16.9 Å². The van der Waals surface area contributed by atoms with Gasteiger partial charge in [0.2, 0.25) is 5.95 Å². The predicted octanol–water partition coefficient (Wildman–Crippen LogP) is 4.72. The Hall–Kier alpha value is -3.36. The number of fused-ring (bicyclic) bond motifs is 1. The maximum atomic E-state index is 13.2. The normalized spacial score (nSPS) is 15.6. The van der Waals surface area contributed by atoms with E-state index in [0.29, 0.717) is 39.5 Å². The van der Waals surface area contributed by atoms with E-state index in [9.17, 15) is 4.79 Å². The van der Waals surface area contributed by atoms with Gasteiger partial charge in [0.05, 0.1) is 28.6 Å². The fraction of sp³-hybridized carbons (Fsp3) is 0.0952. The first-order valence-electron chi connectivity index (χ1n) is 8.48. The van der Waals surface area contributed by atoms with Gasteiger partial charge in [-0.15, -0.1) is 0 Å². The Morgan fingerprint density at radius 2 is 2.11 bits per heavy atom. The second-order valence-corrected chi connectivity index (χ2v) is 6.64. The molecule has 1 N–H and O–H groups in total. The first-order chi connectivity index (χ1) is 13.2. The molecule has 1 atom stereocenters. The Bertz CT molecular complexity index is 1190. The molecule has 1 aliphatic carbocycles. The van der Waals surface area contributed by atoms with Crippen LogP contribution in [0.4, 0.5) is 11.6 Å². The molecule has 0 amide bonds. The van der Waals surface area contributed by atoms with E-state index in [2.05, 4.69) is 16.4 Å². The smallest absolute Gasteiger partial charge is 0.263 e. The van der Waals surface area contributed by atoms with Gasteiger partial charge in [0.1, 0.15) is 0 Å². The SMILES string of the molecule is N#Cc1cccc(Nc2nc3ccc(Cl)cc3c(=O)n2C2C=CC=CC2)c1. The summed E-state index contributed by atoms with van der Waals surface area (Å²) in [6.45, 7) is 0. The minimum absolute atomic E-state index is 0.153. The first-order valence-corrected chi connectivity index (χ1v) is 8.86. The van der Waals surface area contributed by atoms with Gasteiger partial charge in [0.15, 0.2) is 0 Å². The zero-order valence-electron chi connectivity index (χ0n) is 14.3. The van der Waals surface area contributed by atoms with Crippen LogP contribution in [0.15, 0.2) is 71.6 Å². The molecule has 0 saturated carbocycles. The summed E-state index contributed by atoms with van der Waals surface area (Å²) in [5.41, 5.74) is 1.63. The van der Waals surface area contributed by atoms with Crippen molar-refractivity contribution in [1.82, 2.24) is 9.55 Å². The Balaban J connectivity index is 1.90. The third-order valence-electron chi connectivity index (χ3n) is 4.40. The molecule has 0 radical (unpaired) electrons. The number of rotatable bonds is 3. The highest BCUT2D eigenvalue weighted by Gasteiger charge is 2.18. The monoisotopic (exact) mass is 374 g/mol. The zero-order valence-corrected chi connectivity index (χ0v) is 15.0. The average Bonchev–Trinajstić information content (AvgIpc) is 2.70. The van der Waals surface area contributed by atoms with E-state index in [-0.39, 0.29) is 11.6 Å². The van der Waals surface area contributed by atoms with Crippen molar-refractivity contribution < 1.29 is 0 Å². The average molecular weight is 375 g/mol. The number of aromatic nitrogens is 2. The van der Waals surface area contributed by atoms with Crippen molar-refractivity contribution in [3.05, 3.63) is 87.7 Å². The highest BCUT2D eigenvalue weighted by Crippen LogP contribution is 2.25. The molecule has 0 spiro atoms. The molecule has 1 unspecified atom stereocenters. The van der Waals surface area contributed by atoms with Crippen LogP contribution >= 0.6 is 11.6 Å². The number of benzene rings is 2. The van der Waals surface area contributed by atoms with E-state index in [1.54, 1.807) is 41.0 Å².